The van der Waals surface area contributed by atoms with Gasteiger partial charge in [0, 0.05) is 22.9 Å². The highest BCUT2D eigenvalue weighted by Gasteiger charge is 2.31. The summed E-state index contributed by atoms with van der Waals surface area (Å²) in [4.78, 5) is 17.4. The number of hydrogen-bond acceptors (Lipinski definition) is 6. The predicted octanol–water partition coefficient (Wildman–Crippen LogP) is 3.67. The number of fused-ring (bicyclic) bond motifs is 1. The maximum atomic E-state index is 10.3. The molecule has 0 fully saturated rings. The Morgan fingerprint density at radius 1 is 1.50 bits per heavy atom. The first-order chi connectivity index (χ1) is 10.6. The van der Waals surface area contributed by atoms with Crippen LogP contribution in [-0.2, 0) is 0 Å². The van der Waals surface area contributed by atoms with Crippen LogP contribution in [0.15, 0.2) is 29.0 Å². The van der Waals surface area contributed by atoms with E-state index in [4.69, 9.17) is 0 Å². The molecular formula is C15H14N4OS2. The Labute approximate surface area is 136 Å². The molecule has 0 aromatic carbocycles. The molecule has 0 saturated carbocycles. The molecule has 0 radical (unpaired) electrons. The predicted molar refractivity (Wildman–Crippen MR) is 95.0 cm³/mol. The average Bonchev–Trinajstić information content (AvgIpc) is 3.14. The third-order valence-electron chi connectivity index (χ3n) is 3.28. The van der Waals surface area contributed by atoms with Gasteiger partial charge >= 0.3 is 0 Å². The van der Waals surface area contributed by atoms with Crippen LogP contribution in [0.25, 0.3) is 10.6 Å². The van der Waals surface area contributed by atoms with Crippen molar-refractivity contribution < 1.29 is 5.11 Å². The minimum Gasteiger partial charge on any atom is -0.494 e. The van der Waals surface area contributed by atoms with Gasteiger partial charge in [-0.15, -0.1) is 23.1 Å². The van der Waals surface area contributed by atoms with Gasteiger partial charge in [0.25, 0.3) is 0 Å². The van der Waals surface area contributed by atoms with Crippen LogP contribution in [0.3, 0.4) is 0 Å². The van der Waals surface area contributed by atoms with Gasteiger partial charge in [-0.1, -0.05) is 6.58 Å². The van der Waals surface area contributed by atoms with Crippen LogP contribution in [0.4, 0.5) is 0 Å². The van der Waals surface area contributed by atoms with Crippen molar-refractivity contribution in [3.05, 3.63) is 45.7 Å². The minimum atomic E-state index is 0.0810. The van der Waals surface area contributed by atoms with Crippen molar-refractivity contribution in [1.82, 2.24) is 9.97 Å². The summed E-state index contributed by atoms with van der Waals surface area (Å²) in [7, 11) is 0. The van der Waals surface area contributed by atoms with E-state index in [1.165, 1.54) is 23.1 Å². The van der Waals surface area contributed by atoms with Gasteiger partial charge in [0.15, 0.2) is 5.88 Å². The van der Waals surface area contributed by atoms with Gasteiger partial charge in [-0.2, -0.15) is 0 Å². The highest BCUT2D eigenvalue weighted by molar-refractivity contribution is 8.07. The molecule has 0 unspecified atom stereocenters. The number of thioether (sulfide) groups is 1. The zero-order chi connectivity index (χ0) is 15.9. The fraction of sp³-hybridized carbons (Fsp3) is 0.133. The summed E-state index contributed by atoms with van der Waals surface area (Å²) in [6, 6.07) is 0. The molecule has 3 heterocycles. The topological polar surface area (TPSA) is 73.6 Å². The van der Waals surface area contributed by atoms with Gasteiger partial charge in [0.1, 0.15) is 0 Å². The molecule has 3 rings (SSSR count). The van der Waals surface area contributed by atoms with E-state index in [2.05, 4.69) is 33.2 Å². The highest BCUT2D eigenvalue weighted by Crippen LogP contribution is 2.43. The van der Waals surface area contributed by atoms with Gasteiger partial charge in [-0.05, 0) is 19.9 Å². The number of aromatic hydroxyl groups is 1. The lowest BCUT2D eigenvalue weighted by Crippen LogP contribution is -1.96. The third-order valence-corrected chi connectivity index (χ3v) is 4.95. The fourth-order valence-electron chi connectivity index (χ4n) is 2.39. The lowest BCUT2D eigenvalue weighted by atomic mass is 10.1. The summed E-state index contributed by atoms with van der Waals surface area (Å²) in [6.07, 6.45) is 5.36. The zero-order valence-electron chi connectivity index (χ0n) is 12.2. The normalized spacial score (nSPS) is 14.2. The Hall–Kier alpha value is -2.12. The quantitative estimate of drug-likeness (QED) is 0.840. The highest BCUT2D eigenvalue weighted by atomic mass is 32.2. The number of aromatic amines is 1. The second-order valence-corrected chi connectivity index (χ2v) is 6.71. The largest absolute Gasteiger partial charge is 0.494 e. The van der Waals surface area contributed by atoms with Crippen molar-refractivity contribution in [1.29, 1.82) is 0 Å². The van der Waals surface area contributed by atoms with Gasteiger partial charge in [0.2, 0.25) is 0 Å². The monoisotopic (exact) mass is 330 g/mol. The number of rotatable bonds is 4. The molecule has 5 nitrogen and oxygen atoms in total. The number of nitrogens with zero attached hydrogens (tertiary/aromatic N) is 3. The second kappa shape index (κ2) is 5.58. The summed E-state index contributed by atoms with van der Waals surface area (Å²) >= 11 is 3.05. The van der Waals surface area contributed by atoms with E-state index >= 15 is 0 Å². The fourth-order valence-corrected chi connectivity index (χ4v) is 3.70. The van der Waals surface area contributed by atoms with Crippen molar-refractivity contribution in [2.24, 2.45) is 9.98 Å². The van der Waals surface area contributed by atoms with Crippen LogP contribution in [0.5, 0.6) is 5.88 Å². The Balaban J connectivity index is 2.18. The van der Waals surface area contributed by atoms with Crippen molar-refractivity contribution in [2.75, 3.05) is 6.26 Å². The zero-order valence-corrected chi connectivity index (χ0v) is 13.8. The molecule has 112 valence electrons. The van der Waals surface area contributed by atoms with Crippen molar-refractivity contribution in [3.8, 4) is 5.88 Å². The maximum absolute atomic E-state index is 10.3. The number of thiazole rings is 1. The SMILES string of the molecule is C=N/C=C(\SC)c1[nH]c(O)c2c1C(=C)N=C2c1cnc(C)s1. The number of aryl methyl sites for hydroxylation is 1. The van der Waals surface area contributed by atoms with Crippen LogP contribution in [0, 0.1) is 6.92 Å². The molecule has 2 aromatic rings. The van der Waals surface area contributed by atoms with Gasteiger partial charge in [0.05, 0.1) is 32.6 Å². The molecule has 22 heavy (non-hydrogen) atoms. The molecule has 1 aliphatic rings. The van der Waals surface area contributed by atoms with Crippen molar-refractivity contribution >= 4 is 46.1 Å². The van der Waals surface area contributed by atoms with E-state index in [1.54, 1.807) is 12.4 Å². The Kier molecular flexibility index (Phi) is 3.76. The van der Waals surface area contributed by atoms with E-state index in [0.717, 1.165) is 26.0 Å². The number of hydrogen-bond donors (Lipinski definition) is 2. The summed E-state index contributed by atoms with van der Waals surface area (Å²) in [5.74, 6) is 0.0810. The molecule has 0 aliphatic carbocycles. The smallest absolute Gasteiger partial charge is 0.199 e. The van der Waals surface area contributed by atoms with E-state index < -0.39 is 0 Å². The summed E-state index contributed by atoms with van der Waals surface area (Å²) < 4.78 is 0. The molecule has 7 heteroatoms. The molecule has 0 saturated heterocycles. The van der Waals surface area contributed by atoms with Crippen molar-refractivity contribution in [2.45, 2.75) is 6.92 Å². The lowest BCUT2D eigenvalue weighted by Gasteiger charge is -2.03. The van der Waals surface area contributed by atoms with Crippen LogP contribution in [0.2, 0.25) is 0 Å². The van der Waals surface area contributed by atoms with Gasteiger partial charge in [-0.3, -0.25) is 4.99 Å². The molecule has 0 spiro atoms. The molecule has 1 aliphatic heterocycles. The first-order valence-electron chi connectivity index (χ1n) is 6.43. The summed E-state index contributed by atoms with van der Waals surface area (Å²) in [5, 5.41) is 11.3. The van der Waals surface area contributed by atoms with Gasteiger partial charge in [-0.25, -0.2) is 9.98 Å². The molecular weight excluding hydrogens is 316 g/mol. The van der Waals surface area contributed by atoms with Crippen LogP contribution < -0.4 is 0 Å². The molecule has 0 amide bonds. The Morgan fingerprint density at radius 3 is 2.86 bits per heavy atom. The summed E-state index contributed by atoms with van der Waals surface area (Å²) in [6.45, 7) is 9.43. The van der Waals surface area contributed by atoms with Crippen LogP contribution in [-0.4, -0.2) is 33.8 Å². The van der Waals surface area contributed by atoms with E-state index in [9.17, 15) is 5.11 Å². The van der Waals surface area contributed by atoms with E-state index in [1.807, 2.05) is 13.2 Å². The first-order valence-corrected chi connectivity index (χ1v) is 8.47. The number of aromatic nitrogens is 2. The van der Waals surface area contributed by atoms with Crippen LogP contribution >= 0.6 is 23.1 Å². The number of H-pyrrole nitrogens is 1. The molecule has 0 bridgehead atoms. The van der Waals surface area contributed by atoms with Gasteiger partial charge < -0.3 is 10.1 Å². The number of nitrogens with one attached hydrogen (secondary N) is 1. The van der Waals surface area contributed by atoms with E-state index in [0.29, 0.717) is 17.0 Å². The summed E-state index contributed by atoms with van der Waals surface area (Å²) in [5.41, 5.74) is 3.57. The van der Waals surface area contributed by atoms with Crippen LogP contribution in [0.1, 0.15) is 26.7 Å². The minimum absolute atomic E-state index is 0.0810. The molecule has 2 N–H and O–H groups in total. The van der Waals surface area contributed by atoms with E-state index in [-0.39, 0.29) is 5.88 Å². The second-order valence-electron chi connectivity index (χ2n) is 4.63. The number of aliphatic imine (C=N–C) groups is 2. The lowest BCUT2D eigenvalue weighted by molar-refractivity contribution is 0.456. The molecule has 2 aromatic heterocycles. The Morgan fingerprint density at radius 2 is 2.27 bits per heavy atom. The molecule has 0 atom stereocenters. The first kappa shape index (κ1) is 14.8. The maximum Gasteiger partial charge on any atom is 0.199 e. The standard InChI is InChI=1S/C15H14N4OS2/c1-7-11-12(14(18-7)10-6-17-8(2)22-10)15(20)19-13(11)9(21-4)5-16-3/h5-6,19-20H,1,3H2,2,4H3/b9-5-. The van der Waals surface area contributed by atoms with Crippen molar-refractivity contribution in [3.63, 3.8) is 0 Å². The average molecular weight is 330 g/mol. The third kappa shape index (κ3) is 2.22. The Bertz CT molecular complexity index is 842.